The minimum atomic E-state index is -0.446. The molecule has 1 aliphatic carbocycles. The molecule has 1 aromatic carbocycles. The fourth-order valence-corrected chi connectivity index (χ4v) is 8.03. The molecule has 0 saturated heterocycles. The highest BCUT2D eigenvalue weighted by atomic mass is 32.2. The van der Waals surface area contributed by atoms with E-state index in [-0.39, 0.29) is 23.8 Å². The number of fused-ring (bicyclic) bond motifs is 3. The predicted octanol–water partition coefficient (Wildman–Crippen LogP) is 6.16. The Balaban J connectivity index is 1.47. The number of esters is 1. The molecule has 3 heterocycles. The van der Waals surface area contributed by atoms with Gasteiger partial charge in [-0.05, 0) is 69.2 Å². The number of ether oxygens (including phenoxy) is 1. The molecule has 38 heavy (non-hydrogen) atoms. The lowest BCUT2D eigenvalue weighted by Crippen LogP contribution is -2.23. The van der Waals surface area contributed by atoms with Gasteiger partial charge in [-0.2, -0.15) is 0 Å². The number of nitrogens with one attached hydrogen (secondary N) is 1. The van der Waals surface area contributed by atoms with E-state index in [1.54, 1.807) is 22.8 Å². The summed E-state index contributed by atoms with van der Waals surface area (Å²) in [6.07, 6.45) is 2.92. The Hall–Kier alpha value is -2.95. The first-order chi connectivity index (χ1) is 18.3. The predicted molar refractivity (Wildman–Crippen MR) is 156 cm³/mol. The molecule has 5 rings (SSSR count). The Kier molecular flexibility index (Phi) is 7.74. The minimum Gasteiger partial charge on any atom is -0.462 e. The normalized spacial score (nSPS) is 14.9. The maximum atomic E-state index is 13.9. The smallest absolute Gasteiger partial charge is 0.341 e. The van der Waals surface area contributed by atoms with Crippen molar-refractivity contribution in [1.82, 2.24) is 9.55 Å². The molecule has 3 aromatic heterocycles. The molecule has 0 unspecified atom stereocenters. The fraction of sp³-hybridized carbons (Fsp3) is 0.357. The third-order valence-electron chi connectivity index (χ3n) is 6.76. The van der Waals surface area contributed by atoms with Crippen molar-refractivity contribution >= 4 is 61.5 Å². The average Bonchev–Trinajstić information content (AvgIpc) is 3.38. The summed E-state index contributed by atoms with van der Waals surface area (Å²) < 4.78 is 6.82. The molecule has 198 valence electrons. The van der Waals surface area contributed by atoms with E-state index in [1.807, 2.05) is 44.2 Å². The first-order valence-electron chi connectivity index (χ1n) is 12.6. The number of thiophene rings is 2. The SMILES string of the molecule is CCOC(=O)c1c(NC(=O)CSc2nc3sc4c(c3c(=O)n2-c2ccccc2)CC[C@H](C)C4)sc(C)c1C. The van der Waals surface area contributed by atoms with E-state index in [1.165, 1.54) is 28.0 Å². The summed E-state index contributed by atoms with van der Waals surface area (Å²) in [4.78, 5) is 47.3. The first-order valence-corrected chi connectivity index (χ1v) is 15.2. The zero-order valence-electron chi connectivity index (χ0n) is 21.8. The lowest BCUT2D eigenvalue weighted by Gasteiger charge is -2.17. The van der Waals surface area contributed by atoms with Crippen LogP contribution >= 0.6 is 34.4 Å². The molecule has 1 N–H and O–H groups in total. The number of benzene rings is 1. The van der Waals surface area contributed by atoms with Crippen LogP contribution in [0, 0.1) is 19.8 Å². The molecule has 7 nitrogen and oxygen atoms in total. The van der Waals surface area contributed by atoms with Crippen molar-refractivity contribution in [1.29, 1.82) is 0 Å². The average molecular weight is 568 g/mol. The number of thioether (sulfide) groups is 1. The number of aromatic nitrogens is 2. The third kappa shape index (κ3) is 5.04. The van der Waals surface area contributed by atoms with Gasteiger partial charge in [-0.3, -0.25) is 14.2 Å². The molecule has 4 aromatic rings. The van der Waals surface area contributed by atoms with E-state index >= 15 is 0 Å². The standard InChI is InChI=1S/C28H29N3O4S3/c1-5-35-27(34)22-16(3)17(4)37-24(22)29-21(32)14-36-28-30-25-23(19-12-11-15(2)13-20(19)38-25)26(33)31(28)18-9-7-6-8-10-18/h6-10,15H,5,11-14H2,1-4H3,(H,29,32)/t15-/m0/s1. The van der Waals surface area contributed by atoms with E-state index in [4.69, 9.17) is 9.72 Å². The summed E-state index contributed by atoms with van der Waals surface area (Å²) in [5, 5.41) is 4.54. The van der Waals surface area contributed by atoms with Crippen LogP contribution in [-0.2, 0) is 22.4 Å². The molecule has 0 radical (unpaired) electrons. The van der Waals surface area contributed by atoms with Crippen LogP contribution < -0.4 is 10.9 Å². The molecule has 0 fully saturated rings. The van der Waals surface area contributed by atoms with Gasteiger partial charge in [0.25, 0.3) is 5.56 Å². The van der Waals surface area contributed by atoms with Crippen LogP contribution in [0.5, 0.6) is 0 Å². The minimum absolute atomic E-state index is 0.0329. The van der Waals surface area contributed by atoms with Crippen LogP contribution in [0.1, 0.15) is 51.5 Å². The first kappa shape index (κ1) is 26.6. The monoisotopic (exact) mass is 567 g/mol. The quantitative estimate of drug-likeness (QED) is 0.163. The Morgan fingerprint density at radius 2 is 1.97 bits per heavy atom. The van der Waals surface area contributed by atoms with Gasteiger partial charge in [-0.15, -0.1) is 22.7 Å². The van der Waals surface area contributed by atoms with Crippen LogP contribution in [0.4, 0.5) is 5.00 Å². The fourth-order valence-electron chi connectivity index (χ4n) is 4.73. The summed E-state index contributed by atoms with van der Waals surface area (Å²) in [5.74, 6) is -0.104. The summed E-state index contributed by atoms with van der Waals surface area (Å²) in [6, 6.07) is 9.43. The number of hydrogen-bond acceptors (Lipinski definition) is 8. The van der Waals surface area contributed by atoms with Crippen LogP contribution in [0.2, 0.25) is 0 Å². The molecule has 1 atom stereocenters. The van der Waals surface area contributed by atoms with Gasteiger partial charge < -0.3 is 10.1 Å². The van der Waals surface area contributed by atoms with Crippen molar-refractivity contribution < 1.29 is 14.3 Å². The third-order valence-corrected chi connectivity index (χ3v) is 9.97. The van der Waals surface area contributed by atoms with E-state index in [9.17, 15) is 14.4 Å². The van der Waals surface area contributed by atoms with Crippen molar-refractivity contribution in [2.45, 2.75) is 52.1 Å². The summed E-state index contributed by atoms with van der Waals surface area (Å²) in [6.45, 7) is 8.01. The van der Waals surface area contributed by atoms with E-state index in [0.29, 0.717) is 32.7 Å². The van der Waals surface area contributed by atoms with Crippen LogP contribution in [0.15, 0.2) is 40.3 Å². The Bertz CT molecular complexity index is 1590. The van der Waals surface area contributed by atoms with Gasteiger partial charge in [0, 0.05) is 9.75 Å². The van der Waals surface area contributed by atoms with Crippen molar-refractivity contribution in [2.75, 3.05) is 17.7 Å². The largest absolute Gasteiger partial charge is 0.462 e. The summed E-state index contributed by atoms with van der Waals surface area (Å²) in [7, 11) is 0. The van der Waals surface area contributed by atoms with Crippen LogP contribution in [0.3, 0.4) is 0 Å². The zero-order valence-corrected chi connectivity index (χ0v) is 24.2. The molecular formula is C28H29N3O4S3. The van der Waals surface area contributed by atoms with Crippen molar-refractivity contribution in [3.63, 3.8) is 0 Å². The van der Waals surface area contributed by atoms with Gasteiger partial charge in [-0.25, -0.2) is 9.78 Å². The Morgan fingerprint density at radius 1 is 1.21 bits per heavy atom. The molecule has 0 aliphatic heterocycles. The highest BCUT2D eigenvalue weighted by Gasteiger charge is 2.26. The summed E-state index contributed by atoms with van der Waals surface area (Å²) >= 11 is 4.17. The van der Waals surface area contributed by atoms with Crippen molar-refractivity contribution in [3.05, 3.63) is 67.1 Å². The topological polar surface area (TPSA) is 90.3 Å². The molecular weight excluding hydrogens is 539 g/mol. The Morgan fingerprint density at radius 3 is 2.71 bits per heavy atom. The number of carbonyl (C=O) groups excluding carboxylic acids is 2. The van der Waals surface area contributed by atoms with Crippen molar-refractivity contribution in [3.8, 4) is 5.69 Å². The van der Waals surface area contributed by atoms with E-state index in [2.05, 4.69) is 12.2 Å². The second-order valence-corrected chi connectivity index (χ2v) is 12.7. The molecule has 1 aliphatic rings. The van der Waals surface area contributed by atoms with Gasteiger partial charge in [-0.1, -0.05) is 36.9 Å². The van der Waals surface area contributed by atoms with Crippen LogP contribution in [0.25, 0.3) is 15.9 Å². The van der Waals surface area contributed by atoms with Gasteiger partial charge in [0.1, 0.15) is 9.83 Å². The number of carbonyl (C=O) groups is 2. The molecule has 1 amide bonds. The maximum absolute atomic E-state index is 13.9. The van der Waals surface area contributed by atoms with Gasteiger partial charge in [0.15, 0.2) is 5.16 Å². The zero-order chi connectivity index (χ0) is 27.0. The number of rotatable bonds is 7. The van der Waals surface area contributed by atoms with Crippen molar-refractivity contribution in [2.24, 2.45) is 5.92 Å². The lowest BCUT2D eigenvalue weighted by atomic mass is 9.89. The van der Waals surface area contributed by atoms with Gasteiger partial charge in [0.05, 0.1) is 29.0 Å². The second kappa shape index (κ2) is 11.0. The maximum Gasteiger partial charge on any atom is 0.341 e. The molecule has 0 saturated carbocycles. The molecule has 10 heteroatoms. The number of hydrogen-bond donors (Lipinski definition) is 1. The number of para-hydroxylation sites is 1. The second-order valence-electron chi connectivity index (χ2n) is 9.45. The highest BCUT2D eigenvalue weighted by molar-refractivity contribution is 7.99. The number of nitrogens with zero attached hydrogens (tertiary/aromatic N) is 2. The van der Waals surface area contributed by atoms with Crippen LogP contribution in [-0.4, -0.2) is 33.8 Å². The lowest BCUT2D eigenvalue weighted by molar-refractivity contribution is -0.113. The number of anilines is 1. The van der Waals surface area contributed by atoms with Gasteiger partial charge >= 0.3 is 5.97 Å². The number of amides is 1. The number of aryl methyl sites for hydroxylation is 2. The Labute approximate surface area is 233 Å². The molecule has 0 spiro atoms. The molecule has 0 bridgehead atoms. The van der Waals surface area contributed by atoms with Gasteiger partial charge in [0.2, 0.25) is 5.91 Å². The van der Waals surface area contributed by atoms with E-state index in [0.717, 1.165) is 40.1 Å². The highest BCUT2D eigenvalue weighted by Crippen LogP contribution is 2.37. The summed E-state index contributed by atoms with van der Waals surface area (Å²) in [5.41, 5.74) is 2.96. The van der Waals surface area contributed by atoms with E-state index < -0.39 is 5.97 Å².